The predicted octanol–water partition coefficient (Wildman–Crippen LogP) is 16.3. The van der Waals surface area contributed by atoms with Crippen LogP contribution in [-0.2, 0) is 16.2 Å². The van der Waals surface area contributed by atoms with Crippen LogP contribution < -0.4 is 0 Å². The summed E-state index contributed by atoms with van der Waals surface area (Å²) in [7, 11) is 0. The van der Waals surface area contributed by atoms with E-state index in [-0.39, 0.29) is 21.7 Å². The van der Waals surface area contributed by atoms with Crippen molar-refractivity contribution in [2.75, 3.05) is 0 Å². The van der Waals surface area contributed by atoms with E-state index in [4.69, 9.17) is 0 Å². The molecular formula is C63H78O4. The van der Waals surface area contributed by atoms with Crippen molar-refractivity contribution in [2.24, 2.45) is 28.1 Å². The maximum Gasteiger partial charge on any atom is 0.115 e. The molecule has 0 amide bonds. The molecule has 354 valence electrons. The van der Waals surface area contributed by atoms with E-state index < -0.39 is 0 Å². The van der Waals surface area contributed by atoms with Gasteiger partial charge in [-0.2, -0.15) is 0 Å². The van der Waals surface area contributed by atoms with Gasteiger partial charge in [0.2, 0.25) is 0 Å². The number of benzene rings is 6. The Morgan fingerprint density at radius 3 is 1.03 bits per heavy atom. The number of aryl methyl sites for hydroxylation is 2. The third-order valence-electron chi connectivity index (χ3n) is 15.9. The molecule has 4 N–H and O–H groups in total. The van der Waals surface area contributed by atoms with Gasteiger partial charge in [0.05, 0.1) is 0 Å². The molecule has 0 bridgehead atoms. The van der Waals surface area contributed by atoms with Gasteiger partial charge in [0.25, 0.3) is 0 Å². The molecule has 9 rings (SSSR count). The van der Waals surface area contributed by atoms with Gasteiger partial charge in [0.1, 0.15) is 23.0 Å². The molecule has 0 saturated heterocycles. The molecule has 6 aromatic rings. The molecule has 3 aliphatic carbocycles. The number of phenols is 4. The number of phenolic OH excluding ortho intramolecular Hbond substituents is 4. The van der Waals surface area contributed by atoms with E-state index in [0.717, 1.165) is 25.7 Å². The molecule has 3 saturated carbocycles. The lowest BCUT2D eigenvalue weighted by molar-refractivity contribution is 0.127. The Morgan fingerprint density at radius 2 is 0.687 bits per heavy atom. The van der Waals surface area contributed by atoms with Crippen molar-refractivity contribution in [3.63, 3.8) is 0 Å². The molecule has 0 radical (unpaired) electrons. The Labute approximate surface area is 403 Å². The Bertz CT molecular complexity index is 2390. The van der Waals surface area contributed by atoms with E-state index in [1.807, 2.05) is 48.5 Å². The van der Waals surface area contributed by atoms with E-state index in [1.165, 1.54) is 76.6 Å². The molecule has 0 heterocycles. The molecule has 0 spiro atoms. The van der Waals surface area contributed by atoms with Gasteiger partial charge in [0, 0.05) is 16.2 Å². The highest BCUT2D eigenvalue weighted by Gasteiger charge is 2.51. The van der Waals surface area contributed by atoms with Crippen LogP contribution in [0, 0.1) is 41.9 Å². The summed E-state index contributed by atoms with van der Waals surface area (Å²) in [6.45, 7) is 23.2. The van der Waals surface area contributed by atoms with Gasteiger partial charge in [-0.15, -0.1) is 0 Å². The van der Waals surface area contributed by atoms with Crippen LogP contribution in [0.5, 0.6) is 23.0 Å². The number of aromatic hydroxyl groups is 4. The molecule has 4 atom stereocenters. The lowest BCUT2D eigenvalue weighted by atomic mass is 9.55. The van der Waals surface area contributed by atoms with Crippen LogP contribution in [0.4, 0.5) is 0 Å². The number of hydrogen-bond acceptors (Lipinski definition) is 4. The van der Waals surface area contributed by atoms with E-state index in [1.54, 1.807) is 24.3 Å². The topological polar surface area (TPSA) is 80.9 Å². The van der Waals surface area contributed by atoms with E-state index in [2.05, 4.69) is 142 Å². The maximum atomic E-state index is 9.70. The zero-order valence-corrected chi connectivity index (χ0v) is 42.2. The minimum atomic E-state index is -0.0646. The first kappa shape index (κ1) is 49.4. The summed E-state index contributed by atoms with van der Waals surface area (Å²) in [5.41, 5.74) is 11.6. The molecule has 0 aliphatic heterocycles. The highest BCUT2D eigenvalue weighted by atomic mass is 16.3. The van der Waals surface area contributed by atoms with Crippen molar-refractivity contribution >= 4 is 0 Å². The van der Waals surface area contributed by atoms with Gasteiger partial charge in [-0.25, -0.2) is 0 Å². The fraction of sp³-hybridized carbons (Fsp3) is 0.429. The van der Waals surface area contributed by atoms with Crippen molar-refractivity contribution < 1.29 is 20.4 Å². The van der Waals surface area contributed by atoms with Gasteiger partial charge < -0.3 is 20.4 Å². The molecule has 4 nitrogen and oxygen atoms in total. The summed E-state index contributed by atoms with van der Waals surface area (Å²) in [6.07, 6.45) is 10.7. The third-order valence-corrected chi connectivity index (χ3v) is 15.9. The van der Waals surface area contributed by atoms with Gasteiger partial charge in [-0.05, 0) is 175 Å². The van der Waals surface area contributed by atoms with Gasteiger partial charge in [0.15, 0.2) is 0 Å². The highest BCUT2D eigenvalue weighted by Crippen LogP contribution is 2.58. The van der Waals surface area contributed by atoms with Crippen molar-refractivity contribution in [3.05, 3.63) is 190 Å². The van der Waals surface area contributed by atoms with E-state index in [9.17, 15) is 20.4 Å². The second kappa shape index (κ2) is 19.3. The zero-order valence-electron chi connectivity index (χ0n) is 42.2. The molecule has 6 aromatic carbocycles. The fourth-order valence-corrected chi connectivity index (χ4v) is 13.5. The van der Waals surface area contributed by atoms with Crippen molar-refractivity contribution in [2.45, 2.75) is 143 Å². The molecule has 3 aliphatic rings. The smallest absolute Gasteiger partial charge is 0.115 e. The van der Waals surface area contributed by atoms with E-state index in [0.29, 0.717) is 45.7 Å². The minimum Gasteiger partial charge on any atom is -0.508 e. The third kappa shape index (κ3) is 11.0. The molecule has 4 heteroatoms. The van der Waals surface area contributed by atoms with Crippen LogP contribution >= 0.6 is 0 Å². The van der Waals surface area contributed by atoms with Gasteiger partial charge in [-0.1, -0.05) is 170 Å². The first-order valence-electron chi connectivity index (χ1n) is 24.9. The Hall–Kier alpha value is -5.48. The lowest BCUT2D eigenvalue weighted by Gasteiger charge is -2.48. The standard InChI is InChI=1S/C22H28O.C21H26O.C20H24O2/c1-16-5-7-18(8-6-16)22(19-9-11-20(23)12-10-19)14-17(2)13-21(3,4)15-22;1-16-5-7-17(8-6-16)21(14-4-13-20(2,3)15-21)18-9-11-19(22)12-10-18;1-14-12-19(2,3)13-20(14,15-4-8-17(21)9-5-15)16-6-10-18(22)11-7-16/h5-12,17,23H,13-15H2,1-4H3;5-12,22H,4,13-15H2,1-3H3;4-11,14,21-22H,12-13H2,1-3H3. The van der Waals surface area contributed by atoms with E-state index >= 15 is 0 Å². The molecular weight excluding hydrogens is 821 g/mol. The normalized spacial score (nSPS) is 24.6. The summed E-state index contributed by atoms with van der Waals surface area (Å²) >= 11 is 0. The minimum absolute atomic E-state index is 0.0442. The Kier molecular flexibility index (Phi) is 14.2. The summed E-state index contributed by atoms with van der Waals surface area (Å²) in [5, 5.41) is 38.6. The largest absolute Gasteiger partial charge is 0.508 e. The lowest BCUT2D eigenvalue weighted by Crippen LogP contribution is -2.41. The Morgan fingerprint density at radius 1 is 0.358 bits per heavy atom. The fourth-order valence-electron chi connectivity index (χ4n) is 13.5. The summed E-state index contributed by atoms with van der Waals surface area (Å²) < 4.78 is 0. The average Bonchev–Trinajstić information content (AvgIpc) is 3.52. The summed E-state index contributed by atoms with van der Waals surface area (Å²) in [4.78, 5) is 0. The van der Waals surface area contributed by atoms with Crippen LogP contribution in [0.15, 0.2) is 146 Å². The van der Waals surface area contributed by atoms with Crippen molar-refractivity contribution in [1.82, 2.24) is 0 Å². The number of rotatable bonds is 6. The van der Waals surface area contributed by atoms with Gasteiger partial charge >= 0.3 is 0 Å². The first-order valence-corrected chi connectivity index (χ1v) is 24.9. The second-order valence-electron chi connectivity index (χ2n) is 23.6. The highest BCUT2D eigenvalue weighted by molar-refractivity contribution is 5.47. The molecule has 67 heavy (non-hydrogen) atoms. The van der Waals surface area contributed by atoms with Crippen LogP contribution in [0.25, 0.3) is 0 Å². The van der Waals surface area contributed by atoms with Crippen LogP contribution in [-0.4, -0.2) is 20.4 Å². The number of hydrogen-bond donors (Lipinski definition) is 4. The monoisotopic (exact) mass is 899 g/mol. The average molecular weight is 899 g/mol. The van der Waals surface area contributed by atoms with Crippen LogP contribution in [0.2, 0.25) is 0 Å². The first-order chi connectivity index (χ1) is 31.6. The molecule has 4 unspecified atom stereocenters. The SMILES string of the molecule is CC1CC(C)(C)CC1(c1ccc(O)cc1)c1ccc(O)cc1.Cc1ccc(C2(c3ccc(O)cc3)CC(C)CC(C)(C)C2)cc1.Cc1ccc(C2(c3ccc(O)cc3)CCCC(C)(C)C2)cc1. The van der Waals surface area contributed by atoms with Crippen molar-refractivity contribution in [3.8, 4) is 23.0 Å². The maximum absolute atomic E-state index is 9.70. The van der Waals surface area contributed by atoms with Crippen molar-refractivity contribution in [1.29, 1.82) is 0 Å². The Balaban J connectivity index is 0.000000149. The second-order valence-corrected chi connectivity index (χ2v) is 23.6. The quantitative estimate of drug-likeness (QED) is 0.134. The summed E-state index contributed by atoms with van der Waals surface area (Å²) in [6, 6.07) is 49.1. The molecule has 0 aromatic heterocycles. The predicted molar refractivity (Wildman–Crippen MR) is 278 cm³/mol. The zero-order chi connectivity index (χ0) is 48.4. The molecule has 3 fully saturated rings. The van der Waals surface area contributed by atoms with Gasteiger partial charge in [-0.3, -0.25) is 0 Å². The summed E-state index contributed by atoms with van der Waals surface area (Å²) in [5.74, 6) is 2.48. The van der Waals surface area contributed by atoms with Crippen LogP contribution in [0.3, 0.4) is 0 Å². The van der Waals surface area contributed by atoms with Crippen LogP contribution in [0.1, 0.15) is 158 Å².